The molecule has 0 aliphatic heterocycles. The minimum absolute atomic E-state index is 0.116. The molecule has 0 heterocycles. The number of hydrogen-bond donors (Lipinski definition) is 4. The molecule has 0 aliphatic rings. The van der Waals surface area contributed by atoms with Gasteiger partial charge in [-0.1, -0.05) is 72.8 Å². The average molecular weight is 501 g/mol. The summed E-state index contributed by atoms with van der Waals surface area (Å²) in [6, 6.07) is 23.9. The summed E-state index contributed by atoms with van der Waals surface area (Å²) >= 11 is 0. The maximum absolute atomic E-state index is 13.2. The highest BCUT2D eigenvalue weighted by Gasteiger charge is 2.29. The third-order valence-electron chi connectivity index (χ3n) is 6.14. The Kier molecular flexibility index (Phi) is 8.35. The zero-order valence-corrected chi connectivity index (χ0v) is 20.3. The summed E-state index contributed by atoms with van der Waals surface area (Å²) < 4.78 is 11.7. The van der Waals surface area contributed by atoms with Gasteiger partial charge in [0.15, 0.2) is 6.10 Å². The molecule has 4 aromatic carbocycles. The molecule has 0 bridgehead atoms. The Labute approximate surface area is 214 Å². The Morgan fingerprint density at radius 1 is 0.919 bits per heavy atom. The molecular formula is C29H28N2O6. The summed E-state index contributed by atoms with van der Waals surface area (Å²) in [7, 11) is 1.52. The Balaban J connectivity index is 1.65. The number of fused-ring (bicyclic) bond motifs is 2. The second-order valence-electron chi connectivity index (χ2n) is 8.43. The first kappa shape index (κ1) is 25.7. The van der Waals surface area contributed by atoms with Crippen molar-refractivity contribution in [2.45, 2.75) is 25.0 Å². The topological polar surface area (TPSA) is 117 Å². The van der Waals surface area contributed by atoms with E-state index >= 15 is 0 Å². The minimum Gasteiger partial charge on any atom is -0.507 e. The summed E-state index contributed by atoms with van der Waals surface area (Å²) in [5.74, 6) is -0.522. The smallest absolute Gasteiger partial charge is 0.412 e. The van der Waals surface area contributed by atoms with Gasteiger partial charge in [0.25, 0.3) is 5.91 Å². The number of carbonyl (C=O) groups is 2. The van der Waals surface area contributed by atoms with Crippen LogP contribution in [0.4, 0.5) is 10.5 Å². The van der Waals surface area contributed by atoms with Crippen LogP contribution in [0, 0.1) is 0 Å². The van der Waals surface area contributed by atoms with Gasteiger partial charge in [0.05, 0.1) is 11.8 Å². The van der Waals surface area contributed by atoms with Gasteiger partial charge in [-0.15, -0.1) is 0 Å². The third-order valence-corrected chi connectivity index (χ3v) is 6.14. The van der Waals surface area contributed by atoms with Gasteiger partial charge in [0.1, 0.15) is 5.75 Å². The van der Waals surface area contributed by atoms with E-state index in [9.17, 15) is 14.7 Å². The van der Waals surface area contributed by atoms with Crippen molar-refractivity contribution in [2.75, 3.05) is 12.4 Å². The molecular weight excluding hydrogens is 472 g/mol. The number of rotatable bonds is 9. The van der Waals surface area contributed by atoms with Gasteiger partial charge in [0.2, 0.25) is 0 Å². The van der Waals surface area contributed by atoms with Gasteiger partial charge in [-0.05, 0) is 35.7 Å². The number of amides is 2. The molecule has 2 amide bonds. The lowest BCUT2D eigenvalue weighted by molar-refractivity contribution is -0.124. The Morgan fingerprint density at radius 3 is 2.38 bits per heavy atom. The van der Waals surface area contributed by atoms with Gasteiger partial charge < -0.3 is 14.6 Å². The number of carbonyl (C=O) groups excluding carboxylic acids is 2. The maximum atomic E-state index is 13.2. The number of ether oxygens (including phenoxy) is 2. The number of methoxy groups -OCH3 is 1. The summed E-state index contributed by atoms with van der Waals surface area (Å²) in [6.45, 7) is 0. The molecule has 0 saturated carbocycles. The molecule has 8 heteroatoms. The molecule has 2 atom stereocenters. The second kappa shape index (κ2) is 12.0. The molecule has 190 valence electrons. The van der Waals surface area contributed by atoms with Gasteiger partial charge >= 0.3 is 6.09 Å². The van der Waals surface area contributed by atoms with Crippen molar-refractivity contribution in [1.82, 2.24) is 5.48 Å². The third kappa shape index (κ3) is 6.06. The molecule has 0 aromatic heterocycles. The van der Waals surface area contributed by atoms with Crippen LogP contribution in [0.3, 0.4) is 0 Å². The fraction of sp³-hybridized carbons (Fsp3) is 0.172. The Morgan fingerprint density at radius 2 is 1.62 bits per heavy atom. The fourth-order valence-electron chi connectivity index (χ4n) is 4.36. The molecule has 4 rings (SSSR count). The summed E-state index contributed by atoms with van der Waals surface area (Å²) in [4.78, 5) is 24.5. The highest BCUT2D eigenvalue weighted by atomic mass is 16.6. The number of anilines is 1. The first-order valence-electron chi connectivity index (χ1n) is 11.8. The zero-order chi connectivity index (χ0) is 26.2. The van der Waals surface area contributed by atoms with Crippen LogP contribution in [0.5, 0.6) is 5.75 Å². The van der Waals surface area contributed by atoms with Crippen molar-refractivity contribution in [3.05, 3.63) is 96.6 Å². The minimum atomic E-state index is -0.828. The van der Waals surface area contributed by atoms with Crippen molar-refractivity contribution >= 4 is 39.2 Å². The molecule has 8 nitrogen and oxygen atoms in total. The summed E-state index contributed by atoms with van der Waals surface area (Å²) in [5, 5.41) is 25.1. The van der Waals surface area contributed by atoms with Crippen LogP contribution in [-0.2, 0) is 14.3 Å². The lowest BCUT2D eigenvalue weighted by atomic mass is 9.94. The Hall–Kier alpha value is -4.40. The number of hydrogen-bond acceptors (Lipinski definition) is 6. The van der Waals surface area contributed by atoms with E-state index in [1.807, 2.05) is 54.6 Å². The zero-order valence-electron chi connectivity index (χ0n) is 20.3. The number of phenolic OH excluding ortho intramolecular Hbond substituents is 1. The van der Waals surface area contributed by atoms with E-state index in [0.29, 0.717) is 29.5 Å². The fourth-order valence-corrected chi connectivity index (χ4v) is 4.36. The molecule has 0 radical (unpaired) electrons. The molecule has 0 aliphatic carbocycles. The van der Waals surface area contributed by atoms with E-state index in [1.165, 1.54) is 13.2 Å². The van der Waals surface area contributed by atoms with E-state index in [1.54, 1.807) is 35.8 Å². The van der Waals surface area contributed by atoms with Crippen LogP contribution in [-0.4, -0.2) is 35.5 Å². The van der Waals surface area contributed by atoms with Crippen LogP contribution in [0.15, 0.2) is 91.0 Å². The van der Waals surface area contributed by atoms with E-state index < -0.39 is 24.2 Å². The molecule has 0 spiro atoms. The number of hydroxylamine groups is 1. The quantitative estimate of drug-likeness (QED) is 0.130. The summed E-state index contributed by atoms with van der Waals surface area (Å²) in [6.07, 6.45) is 1.58. The van der Waals surface area contributed by atoms with E-state index in [0.717, 1.165) is 16.2 Å². The van der Waals surface area contributed by atoms with Crippen molar-refractivity contribution in [3.63, 3.8) is 0 Å². The van der Waals surface area contributed by atoms with Gasteiger partial charge in [-0.2, -0.15) is 0 Å². The molecule has 4 N–H and O–H groups in total. The largest absolute Gasteiger partial charge is 0.507 e. The lowest BCUT2D eigenvalue weighted by Crippen LogP contribution is -2.28. The van der Waals surface area contributed by atoms with Crippen molar-refractivity contribution in [2.24, 2.45) is 0 Å². The number of aromatic hydroxyl groups is 1. The standard InChI is InChI=1S/C29H28N2O6/c1-36-26(15-6-7-16-27(33)31-35)28(23-17-18-25(32)22-13-5-4-12-21(22)23)37-29(34)30-24-14-8-10-19-9-2-3-11-20(19)24/h2-5,7-14,16-18,26,28,32,35H,6,15H2,1H3,(H,30,34)(H,31,33)/b16-7+/t26-,28-/m0/s1. The van der Waals surface area contributed by atoms with Crippen LogP contribution in [0.2, 0.25) is 0 Å². The first-order valence-corrected chi connectivity index (χ1v) is 11.8. The van der Waals surface area contributed by atoms with Gasteiger partial charge in [-0.3, -0.25) is 15.3 Å². The maximum Gasteiger partial charge on any atom is 0.412 e. The van der Waals surface area contributed by atoms with Crippen LogP contribution < -0.4 is 10.8 Å². The number of allylic oxidation sites excluding steroid dienone is 1. The second-order valence-corrected chi connectivity index (χ2v) is 8.43. The molecule has 37 heavy (non-hydrogen) atoms. The molecule has 4 aromatic rings. The van der Waals surface area contributed by atoms with E-state index in [4.69, 9.17) is 14.7 Å². The number of phenols is 1. The SMILES string of the molecule is CO[C@@H](CC/C=C/C(=O)NO)[C@@H](OC(=O)Nc1cccc2ccccc12)c1ccc(O)c2ccccc12. The Bertz CT molecular complexity index is 1430. The monoisotopic (exact) mass is 500 g/mol. The van der Waals surface area contributed by atoms with Gasteiger partial charge in [0, 0.05) is 29.5 Å². The molecule has 0 fully saturated rings. The van der Waals surface area contributed by atoms with Crippen molar-refractivity contribution in [1.29, 1.82) is 0 Å². The van der Waals surface area contributed by atoms with E-state index in [-0.39, 0.29) is 5.75 Å². The van der Waals surface area contributed by atoms with Crippen molar-refractivity contribution in [3.8, 4) is 5.75 Å². The van der Waals surface area contributed by atoms with Crippen LogP contribution in [0.25, 0.3) is 21.5 Å². The van der Waals surface area contributed by atoms with Gasteiger partial charge in [-0.25, -0.2) is 10.3 Å². The number of nitrogens with one attached hydrogen (secondary N) is 2. The highest BCUT2D eigenvalue weighted by Crippen LogP contribution is 2.36. The highest BCUT2D eigenvalue weighted by molar-refractivity contribution is 6.00. The predicted octanol–water partition coefficient (Wildman–Crippen LogP) is 5.85. The first-order chi connectivity index (χ1) is 18.0. The molecule has 0 unspecified atom stereocenters. The average Bonchev–Trinajstić information content (AvgIpc) is 2.93. The number of benzene rings is 4. The normalized spacial score (nSPS) is 12.9. The van der Waals surface area contributed by atoms with E-state index in [2.05, 4.69) is 5.32 Å². The predicted molar refractivity (Wildman–Crippen MR) is 142 cm³/mol. The van der Waals surface area contributed by atoms with Crippen molar-refractivity contribution < 1.29 is 29.4 Å². The van der Waals surface area contributed by atoms with Crippen LogP contribution in [0.1, 0.15) is 24.5 Å². The van der Waals surface area contributed by atoms with Crippen LogP contribution >= 0.6 is 0 Å². The lowest BCUT2D eigenvalue weighted by Gasteiger charge is -2.27. The molecule has 0 saturated heterocycles. The summed E-state index contributed by atoms with van der Waals surface area (Å²) in [5.41, 5.74) is 2.83.